The lowest BCUT2D eigenvalue weighted by Crippen LogP contribution is -2.23. The summed E-state index contributed by atoms with van der Waals surface area (Å²) in [5, 5.41) is 7.69. The highest BCUT2D eigenvalue weighted by molar-refractivity contribution is 7.91. The summed E-state index contributed by atoms with van der Waals surface area (Å²) in [4.78, 5) is 0. The van der Waals surface area contributed by atoms with E-state index in [1.54, 1.807) is 0 Å². The number of nitrogens with zero attached hydrogens (tertiary/aromatic N) is 2. The second-order valence-electron chi connectivity index (χ2n) is 5.60. The SMILES string of the molecule is CC(C)NCCCc1cnn(C2CCS(=O)(=O)C2)c1. The van der Waals surface area contributed by atoms with E-state index in [2.05, 4.69) is 24.3 Å². The first-order chi connectivity index (χ1) is 8.96. The minimum Gasteiger partial charge on any atom is -0.315 e. The minimum atomic E-state index is -2.84. The second kappa shape index (κ2) is 6.05. The highest BCUT2D eigenvalue weighted by Gasteiger charge is 2.29. The van der Waals surface area contributed by atoms with Crippen molar-refractivity contribution in [2.45, 2.75) is 45.2 Å². The molecule has 0 radical (unpaired) electrons. The van der Waals surface area contributed by atoms with Crippen molar-refractivity contribution >= 4 is 9.84 Å². The Balaban J connectivity index is 1.82. The van der Waals surface area contributed by atoms with Gasteiger partial charge in [0.05, 0.1) is 23.7 Å². The molecule has 1 saturated heterocycles. The zero-order chi connectivity index (χ0) is 13.9. The molecule has 1 atom stereocenters. The van der Waals surface area contributed by atoms with Gasteiger partial charge in [-0.3, -0.25) is 4.68 Å². The van der Waals surface area contributed by atoms with Crippen molar-refractivity contribution in [1.29, 1.82) is 0 Å². The van der Waals surface area contributed by atoms with Crippen LogP contribution in [0, 0.1) is 0 Å². The Morgan fingerprint density at radius 2 is 2.32 bits per heavy atom. The molecule has 0 aromatic carbocycles. The molecule has 1 aliphatic rings. The van der Waals surface area contributed by atoms with E-state index in [1.807, 2.05) is 17.1 Å². The van der Waals surface area contributed by atoms with Gasteiger partial charge in [0.2, 0.25) is 0 Å². The Kier molecular flexibility index (Phi) is 4.62. The molecule has 0 bridgehead atoms. The number of sulfone groups is 1. The smallest absolute Gasteiger partial charge is 0.152 e. The van der Waals surface area contributed by atoms with E-state index in [9.17, 15) is 8.42 Å². The minimum absolute atomic E-state index is 0.0348. The van der Waals surface area contributed by atoms with Gasteiger partial charge in [0.1, 0.15) is 0 Å². The van der Waals surface area contributed by atoms with Gasteiger partial charge < -0.3 is 5.32 Å². The van der Waals surface area contributed by atoms with Crippen LogP contribution in [-0.2, 0) is 16.3 Å². The molecule has 1 unspecified atom stereocenters. The molecule has 0 spiro atoms. The quantitative estimate of drug-likeness (QED) is 0.797. The van der Waals surface area contributed by atoms with E-state index < -0.39 is 9.84 Å². The van der Waals surface area contributed by atoms with Crippen LogP contribution in [0.4, 0.5) is 0 Å². The van der Waals surface area contributed by atoms with Crippen LogP contribution in [0.3, 0.4) is 0 Å². The van der Waals surface area contributed by atoms with Crippen molar-refractivity contribution in [2.24, 2.45) is 0 Å². The topological polar surface area (TPSA) is 64.0 Å². The molecule has 5 nitrogen and oxygen atoms in total. The van der Waals surface area contributed by atoms with E-state index in [-0.39, 0.29) is 11.8 Å². The Labute approximate surface area is 115 Å². The monoisotopic (exact) mass is 285 g/mol. The molecular weight excluding hydrogens is 262 g/mol. The van der Waals surface area contributed by atoms with E-state index in [1.165, 1.54) is 5.56 Å². The predicted molar refractivity (Wildman–Crippen MR) is 76.0 cm³/mol. The Morgan fingerprint density at radius 1 is 1.53 bits per heavy atom. The third-order valence-corrected chi connectivity index (χ3v) is 5.18. The normalized spacial score (nSPS) is 22.2. The van der Waals surface area contributed by atoms with Crippen molar-refractivity contribution in [3.05, 3.63) is 18.0 Å². The molecule has 2 heterocycles. The number of hydrogen-bond donors (Lipinski definition) is 1. The van der Waals surface area contributed by atoms with Gasteiger partial charge in [0.25, 0.3) is 0 Å². The molecule has 1 N–H and O–H groups in total. The van der Waals surface area contributed by atoms with Crippen LogP contribution < -0.4 is 5.32 Å². The maximum Gasteiger partial charge on any atom is 0.152 e. The molecule has 1 aromatic heterocycles. The van der Waals surface area contributed by atoms with Crippen molar-refractivity contribution < 1.29 is 8.42 Å². The molecule has 2 rings (SSSR count). The van der Waals surface area contributed by atoms with E-state index >= 15 is 0 Å². The van der Waals surface area contributed by atoms with E-state index in [0.717, 1.165) is 19.4 Å². The van der Waals surface area contributed by atoms with Gasteiger partial charge in [-0.2, -0.15) is 5.10 Å². The van der Waals surface area contributed by atoms with Crippen LogP contribution in [0.5, 0.6) is 0 Å². The van der Waals surface area contributed by atoms with Gasteiger partial charge >= 0.3 is 0 Å². The van der Waals surface area contributed by atoms with Gasteiger partial charge in [0.15, 0.2) is 9.84 Å². The molecule has 19 heavy (non-hydrogen) atoms. The van der Waals surface area contributed by atoms with Gasteiger partial charge in [0, 0.05) is 12.2 Å². The Bertz CT molecular complexity index is 508. The van der Waals surface area contributed by atoms with Crippen molar-refractivity contribution in [2.75, 3.05) is 18.1 Å². The highest BCUT2D eigenvalue weighted by Crippen LogP contribution is 2.23. The lowest BCUT2D eigenvalue weighted by atomic mass is 10.2. The van der Waals surface area contributed by atoms with Gasteiger partial charge in [-0.05, 0) is 31.4 Å². The standard InChI is InChI=1S/C13H23N3O2S/c1-11(2)14-6-3-4-12-8-15-16(9-12)13-5-7-19(17,18)10-13/h8-9,11,13-14H,3-7,10H2,1-2H3. The molecule has 1 aromatic rings. The predicted octanol–water partition coefficient (Wildman–Crippen LogP) is 1.17. The Hall–Kier alpha value is -0.880. The van der Waals surface area contributed by atoms with Gasteiger partial charge in [-0.15, -0.1) is 0 Å². The fourth-order valence-electron chi connectivity index (χ4n) is 2.37. The summed E-state index contributed by atoms with van der Waals surface area (Å²) in [6.45, 7) is 5.28. The summed E-state index contributed by atoms with van der Waals surface area (Å²) in [6, 6.07) is 0.555. The van der Waals surface area contributed by atoms with Crippen LogP contribution in [0.25, 0.3) is 0 Å². The van der Waals surface area contributed by atoms with Crippen LogP contribution in [0.1, 0.15) is 38.3 Å². The summed E-state index contributed by atoms with van der Waals surface area (Å²) in [7, 11) is -2.84. The van der Waals surface area contributed by atoms with Crippen molar-refractivity contribution in [1.82, 2.24) is 15.1 Å². The van der Waals surface area contributed by atoms with Crippen LogP contribution >= 0.6 is 0 Å². The van der Waals surface area contributed by atoms with Gasteiger partial charge in [-0.25, -0.2) is 8.42 Å². The van der Waals surface area contributed by atoms with Crippen LogP contribution in [0.15, 0.2) is 12.4 Å². The molecule has 0 aliphatic carbocycles. The first-order valence-corrected chi connectivity index (χ1v) is 8.75. The molecular formula is C13H23N3O2S. The lowest BCUT2D eigenvalue weighted by Gasteiger charge is -2.08. The van der Waals surface area contributed by atoms with Crippen LogP contribution in [0.2, 0.25) is 0 Å². The maximum atomic E-state index is 11.4. The third-order valence-electron chi connectivity index (χ3n) is 3.43. The summed E-state index contributed by atoms with van der Waals surface area (Å²) >= 11 is 0. The maximum absolute atomic E-state index is 11.4. The molecule has 0 saturated carbocycles. The average molecular weight is 285 g/mol. The molecule has 0 amide bonds. The molecule has 1 fully saturated rings. The number of aryl methyl sites for hydroxylation is 1. The fraction of sp³-hybridized carbons (Fsp3) is 0.769. The van der Waals surface area contributed by atoms with Gasteiger partial charge in [-0.1, -0.05) is 13.8 Å². The van der Waals surface area contributed by atoms with Crippen molar-refractivity contribution in [3.63, 3.8) is 0 Å². The summed E-state index contributed by atoms with van der Waals surface area (Å²) in [5.74, 6) is 0.536. The van der Waals surface area contributed by atoms with Crippen molar-refractivity contribution in [3.8, 4) is 0 Å². The zero-order valence-corrected chi connectivity index (χ0v) is 12.5. The largest absolute Gasteiger partial charge is 0.315 e. The Morgan fingerprint density at radius 3 is 2.95 bits per heavy atom. The first kappa shape index (κ1) is 14.5. The molecule has 6 heteroatoms. The zero-order valence-electron chi connectivity index (χ0n) is 11.7. The summed E-state index contributed by atoms with van der Waals surface area (Å²) < 4.78 is 24.7. The van der Waals surface area contributed by atoms with E-state index in [0.29, 0.717) is 18.2 Å². The van der Waals surface area contributed by atoms with E-state index in [4.69, 9.17) is 0 Å². The third kappa shape index (κ3) is 4.31. The highest BCUT2D eigenvalue weighted by atomic mass is 32.2. The second-order valence-corrected chi connectivity index (χ2v) is 7.83. The fourth-order valence-corrected chi connectivity index (χ4v) is 4.08. The molecule has 108 valence electrons. The number of rotatable bonds is 6. The first-order valence-electron chi connectivity index (χ1n) is 6.93. The molecule has 1 aliphatic heterocycles. The number of hydrogen-bond acceptors (Lipinski definition) is 4. The average Bonchev–Trinajstić information content (AvgIpc) is 2.90. The summed E-state index contributed by atoms with van der Waals surface area (Å²) in [5.41, 5.74) is 1.19. The lowest BCUT2D eigenvalue weighted by molar-refractivity contribution is 0.499. The summed E-state index contributed by atoms with van der Waals surface area (Å²) in [6.07, 6.45) is 6.62. The number of aromatic nitrogens is 2. The van der Waals surface area contributed by atoms with Crippen LogP contribution in [-0.4, -0.2) is 42.3 Å². The number of nitrogens with one attached hydrogen (secondary N) is 1.